The minimum absolute atomic E-state index is 0.0792. The van der Waals surface area contributed by atoms with Crippen molar-refractivity contribution in [3.63, 3.8) is 0 Å². The van der Waals surface area contributed by atoms with Crippen molar-refractivity contribution in [1.82, 2.24) is 5.32 Å². The van der Waals surface area contributed by atoms with Crippen LogP contribution in [0.1, 0.15) is 16.8 Å². The number of benzene rings is 2. The second-order valence-corrected chi connectivity index (χ2v) is 6.12. The van der Waals surface area contributed by atoms with Crippen molar-refractivity contribution >= 4 is 11.6 Å². The van der Waals surface area contributed by atoms with Crippen LogP contribution in [0.25, 0.3) is 0 Å². The van der Waals surface area contributed by atoms with Gasteiger partial charge in [0, 0.05) is 19.1 Å². The van der Waals surface area contributed by atoms with E-state index in [1.54, 1.807) is 25.3 Å². The summed E-state index contributed by atoms with van der Waals surface area (Å²) in [5.41, 5.74) is 1.57. The van der Waals surface area contributed by atoms with Gasteiger partial charge in [0.05, 0.1) is 18.4 Å². The number of carbonyl (C=O) groups excluding carboxylic acids is 1. The third-order valence-electron chi connectivity index (χ3n) is 4.59. The number of methoxy groups -OCH3 is 1. The molecule has 1 saturated heterocycles. The summed E-state index contributed by atoms with van der Waals surface area (Å²) >= 11 is 0. The fourth-order valence-electron chi connectivity index (χ4n) is 3.36. The summed E-state index contributed by atoms with van der Waals surface area (Å²) < 4.78 is 16.2. The fourth-order valence-corrected chi connectivity index (χ4v) is 3.36. The SMILES string of the molecule is COc1ccccc1N1CCC(NC(=O)c2cccc3c2OCO3)C1. The van der Waals surface area contributed by atoms with Crippen LogP contribution in [0, 0.1) is 0 Å². The number of hydrogen-bond acceptors (Lipinski definition) is 5. The third-order valence-corrected chi connectivity index (χ3v) is 4.59. The Hall–Kier alpha value is -2.89. The highest BCUT2D eigenvalue weighted by Crippen LogP contribution is 2.35. The Morgan fingerprint density at radius 1 is 1.20 bits per heavy atom. The molecule has 0 bridgehead atoms. The van der Waals surface area contributed by atoms with E-state index in [1.807, 2.05) is 24.3 Å². The van der Waals surface area contributed by atoms with Crippen molar-refractivity contribution in [2.75, 3.05) is 31.9 Å². The minimum atomic E-state index is -0.130. The molecular formula is C19H20N2O4. The number of nitrogens with zero attached hydrogens (tertiary/aromatic N) is 1. The van der Waals surface area contributed by atoms with Gasteiger partial charge in [0.2, 0.25) is 6.79 Å². The molecule has 1 unspecified atom stereocenters. The molecular weight excluding hydrogens is 320 g/mol. The second kappa shape index (κ2) is 6.55. The van der Waals surface area contributed by atoms with E-state index < -0.39 is 0 Å². The van der Waals surface area contributed by atoms with E-state index in [1.165, 1.54) is 0 Å². The lowest BCUT2D eigenvalue weighted by Gasteiger charge is -2.21. The number of para-hydroxylation sites is 3. The van der Waals surface area contributed by atoms with E-state index in [9.17, 15) is 4.79 Å². The summed E-state index contributed by atoms with van der Waals surface area (Å²) in [6.07, 6.45) is 0.885. The maximum Gasteiger partial charge on any atom is 0.255 e. The summed E-state index contributed by atoms with van der Waals surface area (Å²) in [7, 11) is 1.67. The van der Waals surface area contributed by atoms with Gasteiger partial charge < -0.3 is 24.4 Å². The highest BCUT2D eigenvalue weighted by molar-refractivity contribution is 5.98. The van der Waals surface area contributed by atoms with Gasteiger partial charge in [0.15, 0.2) is 11.5 Å². The highest BCUT2D eigenvalue weighted by Gasteiger charge is 2.28. The van der Waals surface area contributed by atoms with Crippen LogP contribution in [0.4, 0.5) is 5.69 Å². The molecule has 2 aromatic carbocycles. The molecule has 1 N–H and O–H groups in total. The van der Waals surface area contributed by atoms with E-state index >= 15 is 0 Å². The molecule has 2 aliphatic heterocycles. The Kier molecular flexibility index (Phi) is 4.09. The molecule has 0 aliphatic carbocycles. The zero-order valence-electron chi connectivity index (χ0n) is 14.0. The number of nitrogens with one attached hydrogen (secondary N) is 1. The van der Waals surface area contributed by atoms with E-state index in [2.05, 4.69) is 10.2 Å². The van der Waals surface area contributed by atoms with Gasteiger partial charge in [-0.15, -0.1) is 0 Å². The first-order valence-corrected chi connectivity index (χ1v) is 8.33. The molecule has 130 valence electrons. The molecule has 1 amide bonds. The molecule has 6 nitrogen and oxygen atoms in total. The maximum atomic E-state index is 12.6. The molecule has 0 radical (unpaired) electrons. The monoisotopic (exact) mass is 340 g/mol. The number of amides is 1. The number of anilines is 1. The zero-order chi connectivity index (χ0) is 17.2. The maximum absolute atomic E-state index is 12.6. The first-order valence-electron chi connectivity index (χ1n) is 8.33. The number of fused-ring (bicyclic) bond motifs is 1. The van der Waals surface area contributed by atoms with Gasteiger partial charge in [-0.2, -0.15) is 0 Å². The summed E-state index contributed by atoms with van der Waals surface area (Å²) in [6, 6.07) is 13.4. The van der Waals surface area contributed by atoms with Gasteiger partial charge in [0.1, 0.15) is 5.75 Å². The van der Waals surface area contributed by atoms with Gasteiger partial charge in [0.25, 0.3) is 5.91 Å². The highest BCUT2D eigenvalue weighted by atomic mass is 16.7. The minimum Gasteiger partial charge on any atom is -0.495 e. The molecule has 2 aromatic rings. The van der Waals surface area contributed by atoms with Gasteiger partial charge in [-0.1, -0.05) is 18.2 Å². The summed E-state index contributed by atoms with van der Waals surface area (Å²) in [5, 5.41) is 3.11. The number of ether oxygens (including phenoxy) is 3. The molecule has 1 atom stereocenters. The van der Waals surface area contributed by atoms with Crippen molar-refractivity contribution in [3.05, 3.63) is 48.0 Å². The van der Waals surface area contributed by atoms with E-state index in [0.29, 0.717) is 17.1 Å². The molecule has 2 heterocycles. The lowest BCUT2D eigenvalue weighted by atomic mass is 10.1. The number of rotatable bonds is 4. The summed E-state index contributed by atoms with van der Waals surface area (Å²) in [4.78, 5) is 14.9. The second-order valence-electron chi connectivity index (χ2n) is 6.12. The smallest absolute Gasteiger partial charge is 0.255 e. The summed E-state index contributed by atoms with van der Waals surface area (Å²) in [6.45, 7) is 1.78. The topological polar surface area (TPSA) is 60.0 Å². The van der Waals surface area contributed by atoms with Crippen LogP contribution in [0.3, 0.4) is 0 Å². The van der Waals surface area contributed by atoms with Crippen molar-refractivity contribution in [2.45, 2.75) is 12.5 Å². The predicted molar refractivity (Wildman–Crippen MR) is 93.6 cm³/mol. The first kappa shape index (κ1) is 15.6. The van der Waals surface area contributed by atoms with Crippen LogP contribution >= 0.6 is 0 Å². The Labute approximate surface area is 146 Å². The lowest BCUT2D eigenvalue weighted by molar-refractivity contribution is 0.0935. The zero-order valence-corrected chi connectivity index (χ0v) is 14.0. The molecule has 2 aliphatic rings. The average Bonchev–Trinajstić information content (AvgIpc) is 3.30. The Morgan fingerprint density at radius 2 is 2.08 bits per heavy atom. The number of hydrogen-bond donors (Lipinski definition) is 1. The van der Waals surface area contributed by atoms with Crippen LogP contribution in [-0.4, -0.2) is 38.9 Å². The first-order chi connectivity index (χ1) is 12.3. The molecule has 0 aromatic heterocycles. The molecule has 0 spiro atoms. The average molecular weight is 340 g/mol. The van der Waals surface area contributed by atoms with E-state index in [4.69, 9.17) is 14.2 Å². The fraction of sp³-hybridized carbons (Fsp3) is 0.316. The van der Waals surface area contributed by atoms with Crippen molar-refractivity contribution in [3.8, 4) is 17.2 Å². The van der Waals surface area contributed by atoms with Crippen molar-refractivity contribution < 1.29 is 19.0 Å². The van der Waals surface area contributed by atoms with Crippen LogP contribution in [0.2, 0.25) is 0 Å². The molecule has 4 rings (SSSR count). The molecule has 25 heavy (non-hydrogen) atoms. The Bertz CT molecular complexity index is 793. The number of carbonyl (C=O) groups is 1. The van der Waals surface area contributed by atoms with E-state index in [-0.39, 0.29) is 18.7 Å². The Balaban J connectivity index is 1.45. The quantitative estimate of drug-likeness (QED) is 0.926. The lowest BCUT2D eigenvalue weighted by Crippen LogP contribution is -2.37. The molecule has 0 saturated carbocycles. The molecule has 6 heteroatoms. The van der Waals surface area contributed by atoms with Crippen molar-refractivity contribution in [2.24, 2.45) is 0 Å². The van der Waals surface area contributed by atoms with Gasteiger partial charge in [-0.25, -0.2) is 0 Å². The van der Waals surface area contributed by atoms with Crippen LogP contribution < -0.4 is 24.4 Å². The van der Waals surface area contributed by atoms with Gasteiger partial charge in [-0.05, 0) is 30.7 Å². The van der Waals surface area contributed by atoms with Crippen LogP contribution in [0.15, 0.2) is 42.5 Å². The van der Waals surface area contributed by atoms with Crippen LogP contribution in [-0.2, 0) is 0 Å². The normalized spacial score (nSPS) is 18.3. The molecule has 1 fully saturated rings. The Morgan fingerprint density at radius 3 is 2.96 bits per heavy atom. The summed E-state index contributed by atoms with van der Waals surface area (Å²) in [5.74, 6) is 1.87. The standard InChI is InChI=1S/C19H20N2O4/c1-23-16-7-3-2-6-15(16)21-10-9-13(11-21)20-19(22)14-5-4-8-17-18(14)25-12-24-17/h2-8,13H,9-12H2,1H3,(H,20,22). The third kappa shape index (κ3) is 2.95. The largest absolute Gasteiger partial charge is 0.495 e. The van der Waals surface area contributed by atoms with Gasteiger partial charge >= 0.3 is 0 Å². The van der Waals surface area contributed by atoms with E-state index in [0.717, 1.165) is 30.9 Å². The van der Waals surface area contributed by atoms with Crippen LogP contribution in [0.5, 0.6) is 17.2 Å². The van der Waals surface area contributed by atoms with Crippen molar-refractivity contribution in [1.29, 1.82) is 0 Å². The predicted octanol–water partition coefficient (Wildman–Crippen LogP) is 2.43. The van der Waals surface area contributed by atoms with Gasteiger partial charge in [-0.3, -0.25) is 4.79 Å².